The van der Waals surface area contributed by atoms with Crippen LogP contribution in [-0.2, 0) is 13.1 Å². The standard InChI is InChI=1S/C16H20N6O/c1-12(2)8-21-11-17-7-14(21)9-22-10-15(19-20-22)13-4-5-16(23-3)18-6-13/h4-7,10-12H,8-9H2,1-3H3. The van der Waals surface area contributed by atoms with Crippen molar-refractivity contribution in [1.82, 2.24) is 29.5 Å². The van der Waals surface area contributed by atoms with E-state index in [9.17, 15) is 0 Å². The molecule has 3 aromatic heterocycles. The van der Waals surface area contributed by atoms with Gasteiger partial charge in [-0.15, -0.1) is 5.10 Å². The molecule has 0 radical (unpaired) electrons. The molecular formula is C16H20N6O. The van der Waals surface area contributed by atoms with Crippen LogP contribution < -0.4 is 4.74 Å². The summed E-state index contributed by atoms with van der Waals surface area (Å²) in [5.41, 5.74) is 2.81. The molecule has 3 rings (SSSR count). The highest BCUT2D eigenvalue weighted by atomic mass is 16.5. The summed E-state index contributed by atoms with van der Waals surface area (Å²) >= 11 is 0. The minimum atomic E-state index is 0.569. The lowest BCUT2D eigenvalue weighted by Crippen LogP contribution is -2.10. The Labute approximate surface area is 135 Å². The largest absolute Gasteiger partial charge is 0.481 e. The van der Waals surface area contributed by atoms with Crippen molar-refractivity contribution >= 4 is 0 Å². The molecule has 0 bridgehead atoms. The second-order valence-electron chi connectivity index (χ2n) is 5.82. The Morgan fingerprint density at radius 3 is 2.78 bits per heavy atom. The second kappa shape index (κ2) is 6.60. The van der Waals surface area contributed by atoms with Crippen molar-refractivity contribution in [1.29, 1.82) is 0 Å². The third-order valence-electron chi connectivity index (χ3n) is 3.46. The van der Waals surface area contributed by atoms with E-state index in [2.05, 4.69) is 38.7 Å². The van der Waals surface area contributed by atoms with E-state index in [0.29, 0.717) is 18.3 Å². The lowest BCUT2D eigenvalue weighted by atomic mass is 10.2. The van der Waals surface area contributed by atoms with Gasteiger partial charge >= 0.3 is 0 Å². The number of ether oxygens (including phenoxy) is 1. The van der Waals surface area contributed by atoms with E-state index in [0.717, 1.165) is 23.5 Å². The van der Waals surface area contributed by atoms with Gasteiger partial charge in [0.15, 0.2) is 0 Å². The van der Waals surface area contributed by atoms with Crippen LogP contribution in [0.3, 0.4) is 0 Å². The molecule has 0 aromatic carbocycles. The van der Waals surface area contributed by atoms with Crippen molar-refractivity contribution in [3.05, 3.63) is 42.7 Å². The number of nitrogens with zero attached hydrogens (tertiary/aromatic N) is 6. The molecule has 23 heavy (non-hydrogen) atoms. The first kappa shape index (κ1) is 15.2. The lowest BCUT2D eigenvalue weighted by Gasteiger charge is -2.10. The Hall–Kier alpha value is -2.70. The molecule has 3 aromatic rings. The van der Waals surface area contributed by atoms with Gasteiger partial charge < -0.3 is 9.30 Å². The number of pyridine rings is 1. The molecule has 0 aliphatic carbocycles. The van der Waals surface area contributed by atoms with Crippen molar-refractivity contribution in [2.75, 3.05) is 7.11 Å². The summed E-state index contributed by atoms with van der Waals surface area (Å²) in [4.78, 5) is 8.42. The highest BCUT2D eigenvalue weighted by molar-refractivity contribution is 5.56. The maximum atomic E-state index is 5.06. The third-order valence-corrected chi connectivity index (χ3v) is 3.46. The van der Waals surface area contributed by atoms with Crippen LogP contribution in [0.2, 0.25) is 0 Å². The fourth-order valence-corrected chi connectivity index (χ4v) is 2.36. The Balaban J connectivity index is 1.75. The van der Waals surface area contributed by atoms with Crippen molar-refractivity contribution in [3.8, 4) is 17.1 Å². The molecule has 0 fully saturated rings. The maximum absolute atomic E-state index is 5.06. The second-order valence-corrected chi connectivity index (χ2v) is 5.82. The van der Waals surface area contributed by atoms with E-state index < -0.39 is 0 Å². The molecule has 0 amide bonds. The smallest absolute Gasteiger partial charge is 0.212 e. The van der Waals surface area contributed by atoms with Crippen LogP contribution in [0.25, 0.3) is 11.3 Å². The average Bonchev–Trinajstić information content (AvgIpc) is 3.18. The maximum Gasteiger partial charge on any atom is 0.212 e. The molecule has 0 aliphatic rings. The van der Waals surface area contributed by atoms with Gasteiger partial charge in [-0.3, -0.25) is 0 Å². The van der Waals surface area contributed by atoms with Crippen LogP contribution in [-0.4, -0.2) is 36.6 Å². The monoisotopic (exact) mass is 312 g/mol. The number of hydrogen-bond acceptors (Lipinski definition) is 5. The first-order valence-electron chi connectivity index (χ1n) is 7.55. The first-order valence-corrected chi connectivity index (χ1v) is 7.55. The summed E-state index contributed by atoms with van der Waals surface area (Å²) in [6.45, 7) is 5.96. The molecular weight excluding hydrogens is 292 g/mol. The van der Waals surface area contributed by atoms with Crippen LogP contribution in [0, 0.1) is 5.92 Å². The molecule has 7 nitrogen and oxygen atoms in total. The fourth-order valence-electron chi connectivity index (χ4n) is 2.36. The lowest BCUT2D eigenvalue weighted by molar-refractivity contribution is 0.398. The van der Waals surface area contributed by atoms with E-state index in [1.807, 2.05) is 35.5 Å². The number of methoxy groups -OCH3 is 1. The van der Waals surface area contributed by atoms with Gasteiger partial charge in [-0.1, -0.05) is 19.1 Å². The predicted molar refractivity (Wildman–Crippen MR) is 86.0 cm³/mol. The predicted octanol–water partition coefficient (Wildman–Crippen LogP) is 2.25. The molecule has 0 spiro atoms. The van der Waals surface area contributed by atoms with Crippen LogP contribution in [0.4, 0.5) is 0 Å². The molecule has 0 saturated carbocycles. The summed E-state index contributed by atoms with van der Waals surface area (Å²) in [5, 5.41) is 8.41. The molecule has 0 unspecified atom stereocenters. The van der Waals surface area contributed by atoms with Gasteiger partial charge in [-0.05, 0) is 12.0 Å². The van der Waals surface area contributed by atoms with Crippen molar-refractivity contribution in [3.63, 3.8) is 0 Å². The normalized spacial score (nSPS) is 11.1. The van der Waals surface area contributed by atoms with E-state index in [-0.39, 0.29) is 0 Å². The zero-order chi connectivity index (χ0) is 16.2. The molecule has 3 heterocycles. The minimum absolute atomic E-state index is 0.569. The van der Waals surface area contributed by atoms with E-state index in [4.69, 9.17) is 4.74 Å². The van der Waals surface area contributed by atoms with Gasteiger partial charge in [0.2, 0.25) is 5.88 Å². The van der Waals surface area contributed by atoms with E-state index in [1.165, 1.54) is 0 Å². The molecule has 7 heteroatoms. The molecule has 120 valence electrons. The summed E-state index contributed by atoms with van der Waals surface area (Å²) in [6.07, 6.45) is 7.38. The van der Waals surface area contributed by atoms with Crippen molar-refractivity contribution < 1.29 is 4.74 Å². The quantitative estimate of drug-likeness (QED) is 0.698. The number of rotatable bonds is 6. The SMILES string of the molecule is COc1ccc(-c2cn(Cc3cncn3CC(C)C)nn2)cn1. The van der Waals surface area contributed by atoms with Crippen LogP contribution in [0.1, 0.15) is 19.5 Å². The van der Waals surface area contributed by atoms with Gasteiger partial charge in [0.05, 0.1) is 38.1 Å². The topological polar surface area (TPSA) is 70.7 Å². The van der Waals surface area contributed by atoms with Crippen LogP contribution in [0.15, 0.2) is 37.1 Å². The molecule has 0 N–H and O–H groups in total. The minimum Gasteiger partial charge on any atom is -0.481 e. The summed E-state index contributed by atoms with van der Waals surface area (Å²) in [7, 11) is 1.60. The first-order chi connectivity index (χ1) is 11.2. The zero-order valence-corrected chi connectivity index (χ0v) is 13.5. The van der Waals surface area contributed by atoms with Crippen LogP contribution >= 0.6 is 0 Å². The Kier molecular flexibility index (Phi) is 4.36. The fraction of sp³-hybridized carbons (Fsp3) is 0.375. The number of hydrogen-bond donors (Lipinski definition) is 0. The summed E-state index contributed by atoms with van der Waals surface area (Å²) in [6, 6.07) is 3.73. The molecule has 0 atom stereocenters. The van der Waals surface area contributed by atoms with E-state index in [1.54, 1.807) is 13.3 Å². The highest BCUT2D eigenvalue weighted by Gasteiger charge is 2.08. The molecule has 0 saturated heterocycles. The summed E-state index contributed by atoms with van der Waals surface area (Å²) in [5.74, 6) is 1.15. The van der Waals surface area contributed by atoms with Crippen LogP contribution in [0.5, 0.6) is 5.88 Å². The summed E-state index contributed by atoms with van der Waals surface area (Å²) < 4.78 is 9.03. The Bertz CT molecular complexity index is 759. The average molecular weight is 312 g/mol. The molecule has 0 aliphatic heterocycles. The van der Waals surface area contributed by atoms with Crippen molar-refractivity contribution in [2.24, 2.45) is 5.92 Å². The number of imidazole rings is 1. The third kappa shape index (κ3) is 3.56. The van der Waals surface area contributed by atoms with Gasteiger partial charge in [-0.2, -0.15) is 0 Å². The number of aromatic nitrogens is 6. The van der Waals surface area contributed by atoms with Crippen molar-refractivity contribution in [2.45, 2.75) is 26.9 Å². The Morgan fingerprint density at radius 1 is 1.22 bits per heavy atom. The zero-order valence-electron chi connectivity index (χ0n) is 13.5. The Morgan fingerprint density at radius 2 is 2.09 bits per heavy atom. The van der Waals surface area contributed by atoms with Gasteiger partial charge in [0.25, 0.3) is 0 Å². The van der Waals surface area contributed by atoms with Gasteiger partial charge in [-0.25, -0.2) is 14.6 Å². The van der Waals surface area contributed by atoms with Gasteiger partial charge in [0.1, 0.15) is 5.69 Å². The van der Waals surface area contributed by atoms with Gasteiger partial charge in [0, 0.05) is 24.4 Å². The highest BCUT2D eigenvalue weighted by Crippen LogP contribution is 2.17. The van der Waals surface area contributed by atoms with E-state index >= 15 is 0 Å².